The van der Waals surface area contributed by atoms with Crippen LogP contribution in [0.4, 0.5) is 13.2 Å². The second-order valence-electron chi connectivity index (χ2n) is 10.7. The SMILES string of the molecule is CC(C)(C)C[C@@H]1N2[C@@H](C(=O)OC2(C)C)[C@H](c2cccc(F)c2F)[C@@]1(C#N)c1ccc(Cl)cc1F. The van der Waals surface area contributed by atoms with Crippen LogP contribution in [0.15, 0.2) is 36.4 Å². The number of cyclic esters (lactones) is 1. The van der Waals surface area contributed by atoms with Crippen LogP contribution in [-0.2, 0) is 14.9 Å². The van der Waals surface area contributed by atoms with Gasteiger partial charge in [-0.15, -0.1) is 0 Å². The molecule has 0 unspecified atom stereocenters. The minimum atomic E-state index is -1.74. The van der Waals surface area contributed by atoms with E-state index in [1.54, 1.807) is 18.7 Å². The Labute approximate surface area is 202 Å². The van der Waals surface area contributed by atoms with E-state index < -0.39 is 52.6 Å². The number of hydrogen-bond donors (Lipinski definition) is 0. The third-order valence-electron chi connectivity index (χ3n) is 6.87. The number of hydrogen-bond acceptors (Lipinski definition) is 4. The van der Waals surface area contributed by atoms with E-state index in [0.717, 1.165) is 12.1 Å². The molecule has 2 aliphatic heterocycles. The topological polar surface area (TPSA) is 53.3 Å². The Hall–Kier alpha value is -2.56. The summed E-state index contributed by atoms with van der Waals surface area (Å²) in [5.41, 5.74) is -3.44. The molecule has 4 atom stereocenters. The van der Waals surface area contributed by atoms with Crippen LogP contribution in [0.3, 0.4) is 0 Å². The average Bonchev–Trinajstić information content (AvgIpc) is 3.12. The lowest BCUT2D eigenvalue weighted by atomic mass is 9.62. The van der Waals surface area contributed by atoms with Crippen LogP contribution in [0.25, 0.3) is 0 Å². The Kier molecular flexibility index (Phi) is 5.78. The van der Waals surface area contributed by atoms with Crippen LogP contribution in [0.5, 0.6) is 0 Å². The number of benzene rings is 2. The number of nitrogens with zero attached hydrogens (tertiary/aromatic N) is 2. The maximum atomic E-state index is 15.5. The van der Waals surface area contributed by atoms with Gasteiger partial charge in [-0.3, -0.25) is 4.79 Å². The van der Waals surface area contributed by atoms with Crippen molar-refractivity contribution < 1.29 is 22.7 Å². The van der Waals surface area contributed by atoms with Gasteiger partial charge in [0.05, 0.1) is 6.07 Å². The lowest BCUT2D eigenvalue weighted by Gasteiger charge is -2.42. The maximum Gasteiger partial charge on any atom is 0.325 e. The average molecular weight is 491 g/mol. The first-order valence-corrected chi connectivity index (χ1v) is 11.4. The molecule has 0 bridgehead atoms. The van der Waals surface area contributed by atoms with E-state index in [9.17, 15) is 14.4 Å². The Balaban J connectivity index is 2.12. The van der Waals surface area contributed by atoms with Crippen molar-refractivity contribution in [3.63, 3.8) is 0 Å². The van der Waals surface area contributed by atoms with Gasteiger partial charge >= 0.3 is 5.97 Å². The highest BCUT2D eigenvalue weighted by molar-refractivity contribution is 6.30. The first-order chi connectivity index (χ1) is 15.7. The predicted octanol–water partition coefficient (Wildman–Crippen LogP) is 6.08. The van der Waals surface area contributed by atoms with E-state index in [1.807, 2.05) is 20.8 Å². The van der Waals surface area contributed by atoms with Crippen molar-refractivity contribution in [2.45, 2.75) is 70.2 Å². The summed E-state index contributed by atoms with van der Waals surface area (Å²) in [5.74, 6) is -4.93. The van der Waals surface area contributed by atoms with Crippen molar-refractivity contribution >= 4 is 17.6 Å². The molecule has 0 spiro atoms. The molecule has 2 fully saturated rings. The lowest BCUT2D eigenvalue weighted by Crippen LogP contribution is -2.52. The molecule has 0 aliphatic carbocycles. The summed E-state index contributed by atoms with van der Waals surface area (Å²) in [7, 11) is 0. The summed E-state index contributed by atoms with van der Waals surface area (Å²) >= 11 is 6.00. The second kappa shape index (κ2) is 8.00. The molecule has 0 saturated carbocycles. The van der Waals surface area contributed by atoms with Crippen LogP contribution in [0, 0.1) is 34.2 Å². The summed E-state index contributed by atoms with van der Waals surface area (Å²) in [6, 6.07) is 8.00. The Morgan fingerprint density at radius 1 is 1.15 bits per heavy atom. The zero-order chi connectivity index (χ0) is 25.2. The highest BCUT2D eigenvalue weighted by Gasteiger charge is 2.71. The van der Waals surface area contributed by atoms with E-state index in [1.165, 1.54) is 24.3 Å². The predicted molar refractivity (Wildman–Crippen MR) is 121 cm³/mol. The molecule has 4 rings (SSSR count). The van der Waals surface area contributed by atoms with Crippen LogP contribution in [-0.4, -0.2) is 28.7 Å². The van der Waals surface area contributed by atoms with Crippen LogP contribution < -0.4 is 0 Å². The monoisotopic (exact) mass is 490 g/mol. The van der Waals surface area contributed by atoms with Crippen molar-refractivity contribution in [3.8, 4) is 6.07 Å². The molecule has 0 N–H and O–H groups in total. The molecule has 0 amide bonds. The molecule has 0 aromatic heterocycles. The van der Waals surface area contributed by atoms with Gasteiger partial charge in [-0.2, -0.15) is 5.26 Å². The zero-order valence-electron chi connectivity index (χ0n) is 19.6. The van der Waals surface area contributed by atoms with Crippen LogP contribution >= 0.6 is 11.6 Å². The summed E-state index contributed by atoms with van der Waals surface area (Å²) in [6.45, 7) is 9.26. The number of carbonyl (C=O) groups excluding carboxylic acids is 1. The summed E-state index contributed by atoms with van der Waals surface area (Å²) < 4.78 is 50.9. The molecule has 2 aliphatic rings. The van der Waals surface area contributed by atoms with Gasteiger partial charge in [-0.25, -0.2) is 18.1 Å². The van der Waals surface area contributed by atoms with E-state index in [4.69, 9.17) is 16.3 Å². The van der Waals surface area contributed by atoms with Gasteiger partial charge in [0.1, 0.15) is 17.3 Å². The van der Waals surface area contributed by atoms with Gasteiger partial charge < -0.3 is 4.74 Å². The van der Waals surface area contributed by atoms with E-state index >= 15 is 8.78 Å². The number of ether oxygens (including phenoxy) is 1. The quantitative estimate of drug-likeness (QED) is 0.489. The smallest absolute Gasteiger partial charge is 0.325 e. The number of fused-ring (bicyclic) bond motifs is 1. The molecule has 2 heterocycles. The van der Waals surface area contributed by atoms with Crippen molar-refractivity contribution in [3.05, 3.63) is 70.0 Å². The Bertz CT molecular complexity index is 1200. The first-order valence-electron chi connectivity index (χ1n) is 11.1. The third-order valence-corrected chi connectivity index (χ3v) is 7.10. The fraction of sp³-hybridized carbons (Fsp3) is 0.462. The van der Waals surface area contributed by atoms with Gasteiger partial charge in [0.25, 0.3) is 0 Å². The molecule has 8 heteroatoms. The second-order valence-corrected chi connectivity index (χ2v) is 11.2. The number of esters is 1. The number of carbonyl (C=O) groups is 1. The lowest BCUT2D eigenvalue weighted by molar-refractivity contribution is -0.152. The molecule has 34 heavy (non-hydrogen) atoms. The van der Waals surface area contributed by atoms with Gasteiger partial charge in [0.15, 0.2) is 17.4 Å². The molecule has 2 saturated heterocycles. The van der Waals surface area contributed by atoms with E-state index in [2.05, 4.69) is 6.07 Å². The molecule has 0 radical (unpaired) electrons. The summed E-state index contributed by atoms with van der Waals surface area (Å²) in [5, 5.41) is 10.9. The highest BCUT2D eigenvalue weighted by atomic mass is 35.5. The van der Waals surface area contributed by atoms with E-state index in [-0.39, 0.29) is 21.6 Å². The van der Waals surface area contributed by atoms with E-state index in [0.29, 0.717) is 6.42 Å². The molecule has 2 aromatic carbocycles. The third kappa shape index (κ3) is 3.59. The number of nitriles is 1. The molecule has 180 valence electrons. The van der Waals surface area contributed by atoms with Crippen molar-refractivity contribution in [2.24, 2.45) is 5.41 Å². The van der Waals surface area contributed by atoms with Crippen LogP contribution in [0.2, 0.25) is 5.02 Å². The Morgan fingerprint density at radius 3 is 2.41 bits per heavy atom. The fourth-order valence-corrected chi connectivity index (χ4v) is 5.90. The van der Waals surface area contributed by atoms with Crippen molar-refractivity contribution in [1.29, 1.82) is 5.26 Å². The Morgan fingerprint density at radius 2 is 1.82 bits per heavy atom. The molecular formula is C26H26ClF3N2O2. The van der Waals surface area contributed by atoms with Crippen molar-refractivity contribution in [2.75, 3.05) is 0 Å². The standard InChI is InChI=1S/C26H26ClF3N2O2/c1-24(2,3)12-19-26(13-31,16-10-9-14(27)11-18(16)29)20(15-7-6-8-17(28)21(15)30)22-23(33)34-25(4,5)32(19)22/h6-11,19-20,22H,12H2,1-5H3/t19-,20-,22+,26-/m0/s1. The molecule has 2 aromatic rings. The van der Waals surface area contributed by atoms with Crippen LogP contribution in [0.1, 0.15) is 58.1 Å². The largest absolute Gasteiger partial charge is 0.443 e. The molecular weight excluding hydrogens is 465 g/mol. The summed E-state index contributed by atoms with van der Waals surface area (Å²) in [6.07, 6.45) is 0.354. The first kappa shape index (κ1) is 24.6. The number of halogens is 4. The van der Waals surface area contributed by atoms with Gasteiger partial charge in [0.2, 0.25) is 0 Å². The fourth-order valence-electron chi connectivity index (χ4n) is 5.74. The zero-order valence-corrected chi connectivity index (χ0v) is 20.4. The van der Waals surface area contributed by atoms with Crippen molar-refractivity contribution in [1.82, 2.24) is 4.90 Å². The summed E-state index contributed by atoms with van der Waals surface area (Å²) in [4.78, 5) is 15.0. The maximum absolute atomic E-state index is 15.5. The van der Waals surface area contributed by atoms with Gasteiger partial charge in [-0.1, -0.05) is 50.6 Å². The van der Waals surface area contributed by atoms with Gasteiger partial charge in [-0.05, 0) is 49.4 Å². The van der Waals surface area contributed by atoms with Gasteiger partial charge in [0, 0.05) is 22.5 Å². The normalized spacial score (nSPS) is 28.5. The minimum absolute atomic E-state index is 0.0136. The highest BCUT2D eigenvalue weighted by Crippen LogP contribution is 2.60. The number of rotatable bonds is 3. The molecule has 4 nitrogen and oxygen atoms in total. The minimum Gasteiger partial charge on any atom is -0.443 e.